The number of nitrogens with one attached hydrogen (secondary N) is 1. The lowest BCUT2D eigenvalue weighted by molar-refractivity contribution is -0.155. The third-order valence-electron chi connectivity index (χ3n) is 3.19. The molecule has 0 aliphatic carbocycles. The van der Waals surface area contributed by atoms with E-state index in [1.54, 1.807) is 26.8 Å². The van der Waals surface area contributed by atoms with E-state index in [4.69, 9.17) is 9.47 Å². The molecule has 1 N–H and O–H groups in total. The van der Waals surface area contributed by atoms with E-state index in [0.717, 1.165) is 5.56 Å². The van der Waals surface area contributed by atoms with Crippen molar-refractivity contribution < 1.29 is 19.1 Å². The van der Waals surface area contributed by atoms with Gasteiger partial charge >= 0.3 is 12.1 Å². The predicted octanol–water partition coefficient (Wildman–Crippen LogP) is 3.96. The molecule has 0 atom stereocenters. The highest BCUT2D eigenvalue weighted by Crippen LogP contribution is 2.08. The van der Waals surface area contributed by atoms with Gasteiger partial charge in [-0.3, -0.25) is 14.9 Å². The lowest BCUT2D eigenvalue weighted by atomic mass is 10.2. The van der Waals surface area contributed by atoms with Crippen molar-refractivity contribution >= 4 is 17.7 Å². The molecule has 1 aromatic heterocycles. The van der Waals surface area contributed by atoms with Crippen LogP contribution in [-0.4, -0.2) is 22.2 Å². The van der Waals surface area contributed by atoms with Crippen molar-refractivity contribution in [3.8, 4) is 0 Å². The van der Waals surface area contributed by atoms with Gasteiger partial charge in [0.05, 0.1) is 0 Å². The highest BCUT2D eigenvalue weighted by Gasteiger charge is 2.17. The summed E-state index contributed by atoms with van der Waals surface area (Å²) in [5.74, 6) is -0.539. The molecule has 0 unspecified atom stereocenters. The highest BCUT2D eigenvalue weighted by molar-refractivity contribution is 5.84. The van der Waals surface area contributed by atoms with Crippen LogP contribution in [0.2, 0.25) is 0 Å². The SMILES string of the molecule is CC.CC(C)(C)OC(=O)Cn1cccc(NC(=O)OCc2ccccc2)c1=O. The summed E-state index contributed by atoms with van der Waals surface area (Å²) in [5.41, 5.74) is -0.306. The maximum atomic E-state index is 12.4. The second-order valence-corrected chi connectivity index (χ2v) is 6.63. The van der Waals surface area contributed by atoms with E-state index in [-0.39, 0.29) is 18.8 Å². The number of benzene rings is 1. The number of hydrogen-bond donors (Lipinski definition) is 1. The maximum Gasteiger partial charge on any atom is 0.412 e. The van der Waals surface area contributed by atoms with Crippen LogP contribution in [0.1, 0.15) is 40.2 Å². The van der Waals surface area contributed by atoms with Crippen LogP contribution in [0.5, 0.6) is 0 Å². The van der Waals surface area contributed by atoms with E-state index in [0.29, 0.717) is 0 Å². The molecule has 28 heavy (non-hydrogen) atoms. The van der Waals surface area contributed by atoms with Gasteiger partial charge in [0, 0.05) is 6.20 Å². The number of aromatic nitrogens is 1. The Balaban J connectivity index is 0.00000190. The zero-order valence-corrected chi connectivity index (χ0v) is 17.0. The Hall–Kier alpha value is -3.09. The molecule has 0 bridgehead atoms. The Morgan fingerprint density at radius 2 is 1.68 bits per heavy atom. The lowest BCUT2D eigenvalue weighted by Gasteiger charge is -2.19. The quantitative estimate of drug-likeness (QED) is 0.784. The van der Waals surface area contributed by atoms with Crippen LogP contribution in [0.25, 0.3) is 0 Å². The molecule has 0 aliphatic rings. The van der Waals surface area contributed by atoms with E-state index < -0.39 is 23.2 Å². The van der Waals surface area contributed by atoms with Gasteiger partial charge in [0.15, 0.2) is 0 Å². The molecule has 0 radical (unpaired) electrons. The van der Waals surface area contributed by atoms with E-state index in [1.807, 2.05) is 44.2 Å². The van der Waals surface area contributed by atoms with E-state index in [9.17, 15) is 14.4 Å². The molecule has 1 aromatic carbocycles. The number of nitrogens with zero attached hydrogens (tertiary/aromatic N) is 1. The largest absolute Gasteiger partial charge is 0.459 e. The zero-order valence-electron chi connectivity index (χ0n) is 17.0. The first-order valence-electron chi connectivity index (χ1n) is 9.13. The molecule has 2 rings (SSSR count). The summed E-state index contributed by atoms with van der Waals surface area (Å²) in [7, 11) is 0. The molecule has 7 heteroatoms. The average Bonchev–Trinajstić information content (AvgIpc) is 2.64. The first-order valence-corrected chi connectivity index (χ1v) is 9.13. The number of pyridine rings is 1. The molecule has 7 nitrogen and oxygen atoms in total. The van der Waals surface area contributed by atoms with Crippen molar-refractivity contribution in [2.24, 2.45) is 0 Å². The minimum Gasteiger partial charge on any atom is -0.459 e. The third kappa shape index (κ3) is 8.07. The van der Waals surface area contributed by atoms with Crippen LogP contribution in [0.15, 0.2) is 53.5 Å². The predicted molar refractivity (Wildman–Crippen MR) is 108 cm³/mol. The van der Waals surface area contributed by atoms with Crippen LogP contribution in [0.3, 0.4) is 0 Å². The maximum absolute atomic E-state index is 12.4. The number of rotatable bonds is 5. The van der Waals surface area contributed by atoms with Gasteiger partial charge in [-0.25, -0.2) is 4.79 Å². The van der Waals surface area contributed by atoms with Gasteiger partial charge in [0.25, 0.3) is 5.56 Å². The second-order valence-electron chi connectivity index (χ2n) is 6.63. The minimum atomic E-state index is -0.749. The van der Waals surface area contributed by atoms with Crippen molar-refractivity contribution in [2.45, 2.75) is 53.4 Å². The molecule has 0 fully saturated rings. The van der Waals surface area contributed by atoms with Crippen LogP contribution >= 0.6 is 0 Å². The Kier molecular flexibility index (Phi) is 8.95. The van der Waals surface area contributed by atoms with Crippen LogP contribution in [0, 0.1) is 0 Å². The van der Waals surface area contributed by atoms with Gasteiger partial charge in [0.2, 0.25) is 0 Å². The topological polar surface area (TPSA) is 86.6 Å². The molecular weight excluding hydrogens is 360 g/mol. The van der Waals surface area contributed by atoms with Crippen molar-refractivity contribution in [1.29, 1.82) is 0 Å². The fraction of sp³-hybridized carbons (Fsp3) is 0.381. The third-order valence-corrected chi connectivity index (χ3v) is 3.19. The van der Waals surface area contributed by atoms with Crippen molar-refractivity contribution in [1.82, 2.24) is 4.57 Å². The van der Waals surface area contributed by atoms with Crippen LogP contribution < -0.4 is 10.9 Å². The van der Waals surface area contributed by atoms with Gasteiger partial charge in [-0.1, -0.05) is 44.2 Å². The standard InChI is InChI=1S/C19H22N2O5.C2H6/c1-19(2,3)26-16(22)12-21-11-7-10-15(17(21)23)20-18(24)25-13-14-8-5-4-6-9-14;1-2/h4-11H,12-13H2,1-3H3,(H,20,24);1-2H3. The smallest absolute Gasteiger partial charge is 0.412 e. The second kappa shape index (κ2) is 10.9. The van der Waals surface area contributed by atoms with Gasteiger partial charge < -0.3 is 14.0 Å². The molecule has 1 amide bonds. The van der Waals surface area contributed by atoms with Crippen molar-refractivity contribution in [2.75, 3.05) is 5.32 Å². The molecule has 152 valence electrons. The number of carbonyl (C=O) groups excluding carboxylic acids is 2. The van der Waals surface area contributed by atoms with Gasteiger partial charge in [0.1, 0.15) is 24.4 Å². The fourth-order valence-corrected chi connectivity index (χ4v) is 2.14. The van der Waals surface area contributed by atoms with E-state index in [1.165, 1.54) is 16.8 Å². The zero-order chi connectivity index (χ0) is 21.2. The van der Waals surface area contributed by atoms with Gasteiger partial charge in [-0.05, 0) is 38.5 Å². The van der Waals surface area contributed by atoms with Crippen LogP contribution in [-0.2, 0) is 27.4 Å². The summed E-state index contributed by atoms with van der Waals surface area (Å²) in [5, 5.41) is 2.40. The molecule has 0 spiro atoms. The summed E-state index contributed by atoms with van der Waals surface area (Å²) in [6.45, 7) is 9.08. The first-order chi connectivity index (χ1) is 13.2. The van der Waals surface area contributed by atoms with E-state index >= 15 is 0 Å². The molecule has 0 saturated carbocycles. The Morgan fingerprint density at radius 1 is 1.04 bits per heavy atom. The number of hydrogen-bond acceptors (Lipinski definition) is 5. The normalized spacial score (nSPS) is 10.3. The number of amides is 1. The number of ether oxygens (including phenoxy) is 2. The van der Waals surface area contributed by atoms with Crippen LogP contribution in [0.4, 0.5) is 10.5 Å². The Bertz CT molecular complexity index is 823. The summed E-state index contributed by atoms with van der Waals surface area (Å²) < 4.78 is 11.4. The molecular formula is C21H28N2O5. The molecule has 2 aromatic rings. The molecule has 0 saturated heterocycles. The molecule has 1 heterocycles. The summed E-state index contributed by atoms with van der Waals surface area (Å²) in [6.07, 6.45) is 0.702. The Morgan fingerprint density at radius 3 is 2.29 bits per heavy atom. The number of carbonyl (C=O) groups is 2. The summed E-state index contributed by atoms with van der Waals surface area (Å²) >= 11 is 0. The summed E-state index contributed by atoms with van der Waals surface area (Å²) in [6, 6.07) is 12.2. The highest BCUT2D eigenvalue weighted by atomic mass is 16.6. The number of esters is 1. The number of anilines is 1. The lowest BCUT2D eigenvalue weighted by Crippen LogP contribution is -2.31. The van der Waals surface area contributed by atoms with Gasteiger partial charge in [-0.15, -0.1) is 0 Å². The van der Waals surface area contributed by atoms with E-state index in [2.05, 4.69) is 5.32 Å². The Labute approximate surface area is 165 Å². The van der Waals surface area contributed by atoms with Gasteiger partial charge in [-0.2, -0.15) is 0 Å². The fourth-order valence-electron chi connectivity index (χ4n) is 2.14. The first kappa shape index (κ1) is 23.0. The summed E-state index contributed by atoms with van der Waals surface area (Å²) in [4.78, 5) is 36.1. The minimum absolute atomic E-state index is 0.0223. The molecule has 0 aliphatic heterocycles. The van der Waals surface area contributed by atoms with Crippen molar-refractivity contribution in [3.05, 3.63) is 64.6 Å². The van der Waals surface area contributed by atoms with Crippen molar-refractivity contribution in [3.63, 3.8) is 0 Å². The average molecular weight is 388 g/mol. The monoisotopic (exact) mass is 388 g/mol.